The summed E-state index contributed by atoms with van der Waals surface area (Å²) in [5.41, 5.74) is 7.63. The van der Waals surface area contributed by atoms with Crippen molar-refractivity contribution in [3.05, 3.63) is 70.4 Å². The van der Waals surface area contributed by atoms with Gasteiger partial charge in [0.25, 0.3) is 0 Å². The third kappa shape index (κ3) is 30.9. The molecule has 3 heteroatoms. The molecule has 0 fully saturated rings. The third-order valence-corrected chi connectivity index (χ3v) is 5.63. The molecule has 0 aromatic heterocycles. The quantitative estimate of drug-likeness (QED) is 0.191. The Labute approximate surface area is 223 Å². The molecule has 0 saturated heterocycles. The highest BCUT2D eigenvalue weighted by atomic mass is 14.2. The van der Waals surface area contributed by atoms with Crippen LogP contribution in [0.25, 0.3) is 0 Å². The van der Waals surface area contributed by atoms with E-state index >= 15 is 0 Å². The highest BCUT2D eigenvalue weighted by Gasteiger charge is 1.92. The Hall–Kier alpha value is -3.09. The summed E-state index contributed by atoms with van der Waals surface area (Å²) in [6.07, 6.45) is 19.8. The van der Waals surface area contributed by atoms with Crippen LogP contribution in [0.15, 0.2) is 70.4 Å². The monoisotopic (exact) mass is 489 g/mol. The zero-order valence-electron chi connectivity index (χ0n) is 24.5. The van der Waals surface area contributed by atoms with Gasteiger partial charge in [0.1, 0.15) is 0 Å². The van der Waals surface area contributed by atoms with Gasteiger partial charge in [0.15, 0.2) is 0 Å². The number of nitrogens with zero attached hydrogens (tertiary/aromatic N) is 3. The van der Waals surface area contributed by atoms with Crippen molar-refractivity contribution in [3.8, 4) is 18.2 Å². The van der Waals surface area contributed by atoms with Crippen molar-refractivity contribution < 1.29 is 0 Å². The first kappa shape index (κ1) is 37.5. The molecule has 0 aromatic carbocycles. The van der Waals surface area contributed by atoms with Gasteiger partial charge >= 0.3 is 0 Å². The summed E-state index contributed by atoms with van der Waals surface area (Å²) in [7, 11) is 0. The molecule has 0 bridgehead atoms. The van der Waals surface area contributed by atoms with E-state index < -0.39 is 0 Å². The number of allylic oxidation sites excluding steroid dienone is 11. The second-order valence-electron chi connectivity index (χ2n) is 9.12. The Kier molecular flexibility index (Phi) is 29.3. The molecule has 0 atom stereocenters. The third-order valence-electron chi connectivity index (χ3n) is 5.63. The zero-order chi connectivity index (χ0) is 28.2. The molecule has 0 aliphatic rings. The molecule has 0 N–H and O–H groups in total. The topological polar surface area (TPSA) is 71.4 Å². The molecule has 0 amide bonds. The van der Waals surface area contributed by atoms with Crippen LogP contribution in [0.1, 0.15) is 120 Å². The number of nitriles is 3. The van der Waals surface area contributed by atoms with Gasteiger partial charge in [-0.05, 0) is 86.0 Å². The summed E-state index contributed by atoms with van der Waals surface area (Å²) >= 11 is 0. The van der Waals surface area contributed by atoms with Crippen LogP contribution in [0, 0.1) is 34.0 Å². The molecule has 0 unspecified atom stereocenters. The van der Waals surface area contributed by atoms with E-state index in [0.717, 1.165) is 68.1 Å². The van der Waals surface area contributed by atoms with Gasteiger partial charge in [0, 0.05) is 6.08 Å². The van der Waals surface area contributed by atoms with Crippen LogP contribution in [-0.2, 0) is 0 Å². The number of hydrogen-bond donors (Lipinski definition) is 0. The van der Waals surface area contributed by atoms with Gasteiger partial charge in [-0.25, -0.2) is 0 Å². The van der Waals surface area contributed by atoms with Crippen LogP contribution >= 0.6 is 0 Å². The Morgan fingerprint density at radius 2 is 1.06 bits per heavy atom. The van der Waals surface area contributed by atoms with E-state index in [1.54, 1.807) is 6.08 Å². The van der Waals surface area contributed by atoms with E-state index in [1.807, 2.05) is 19.9 Å². The Morgan fingerprint density at radius 1 is 0.611 bits per heavy atom. The van der Waals surface area contributed by atoms with E-state index in [9.17, 15) is 0 Å². The number of rotatable bonds is 13. The van der Waals surface area contributed by atoms with Gasteiger partial charge in [-0.15, -0.1) is 0 Å². The molecular formula is C33H51N3. The fourth-order valence-corrected chi connectivity index (χ4v) is 2.54. The minimum absolute atomic E-state index is 0.499. The van der Waals surface area contributed by atoms with Gasteiger partial charge in [0.2, 0.25) is 0 Å². The molecule has 0 saturated carbocycles. The lowest BCUT2D eigenvalue weighted by Crippen LogP contribution is -1.79. The fourth-order valence-electron chi connectivity index (χ4n) is 2.54. The minimum Gasteiger partial charge on any atom is -0.198 e. The summed E-state index contributed by atoms with van der Waals surface area (Å²) in [5.74, 6) is 0. The second kappa shape index (κ2) is 28.1. The maximum Gasteiger partial charge on any atom is 0.0911 e. The normalized spacial score (nSPS) is 12.2. The highest BCUT2D eigenvalue weighted by molar-refractivity contribution is 5.12. The van der Waals surface area contributed by atoms with Crippen molar-refractivity contribution in [2.75, 3.05) is 0 Å². The van der Waals surface area contributed by atoms with Crippen molar-refractivity contribution in [1.29, 1.82) is 15.8 Å². The zero-order valence-corrected chi connectivity index (χ0v) is 24.5. The molecule has 0 radical (unpaired) electrons. The van der Waals surface area contributed by atoms with Crippen molar-refractivity contribution in [2.24, 2.45) is 0 Å². The van der Waals surface area contributed by atoms with Crippen LogP contribution in [0.2, 0.25) is 0 Å². The Morgan fingerprint density at radius 3 is 1.50 bits per heavy atom. The van der Waals surface area contributed by atoms with Crippen molar-refractivity contribution >= 4 is 0 Å². The van der Waals surface area contributed by atoms with E-state index in [2.05, 4.69) is 84.6 Å². The maximum atomic E-state index is 8.39. The van der Waals surface area contributed by atoms with Crippen LogP contribution in [0.3, 0.4) is 0 Å². The number of hydrogen-bond acceptors (Lipinski definition) is 3. The minimum atomic E-state index is 0.499. The molecule has 0 aliphatic heterocycles. The predicted octanol–water partition coefficient (Wildman–Crippen LogP) is 10.8. The lowest BCUT2D eigenvalue weighted by Gasteiger charge is -1.98. The summed E-state index contributed by atoms with van der Waals surface area (Å²) in [5, 5.41) is 25.1. The first-order chi connectivity index (χ1) is 17.1. The van der Waals surface area contributed by atoms with Crippen LogP contribution in [0.5, 0.6) is 0 Å². The van der Waals surface area contributed by atoms with Gasteiger partial charge in [-0.3, -0.25) is 0 Å². The Bertz CT molecular complexity index is 871. The molecule has 0 heterocycles. The smallest absolute Gasteiger partial charge is 0.0911 e. The SMILES string of the molecule is C=C(CC#N)CCC=C(C)CC.CCC(C)=CCC=C(C)CC#N.CCC(C)=CCCC(C)=CC#N. The van der Waals surface area contributed by atoms with E-state index in [1.165, 1.54) is 16.7 Å². The van der Waals surface area contributed by atoms with Crippen molar-refractivity contribution in [2.45, 2.75) is 120 Å². The van der Waals surface area contributed by atoms with E-state index in [4.69, 9.17) is 15.8 Å². The molecule has 0 aromatic rings. The molecule has 36 heavy (non-hydrogen) atoms. The average Bonchev–Trinajstić information content (AvgIpc) is 2.85. The Balaban J connectivity index is -0.000000454. The summed E-state index contributed by atoms with van der Waals surface area (Å²) in [6.45, 7) is 20.7. The lowest BCUT2D eigenvalue weighted by atomic mass is 10.1. The van der Waals surface area contributed by atoms with Crippen LogP contribution in [-0.4, -0.2) is 0 Å². The molecule has 198 valence electrons. The molecule has 3 nitrogen and oxygen atoms in total. The van der Waals surface area contributed by atoms with E-state index in [0.29, 0.717) is 12.8 Å². The second-order valence-corrected chi connectivity index (χ2v) is 9.12. The first-order valence-electron chi connectivity index (χ1n) is 13.2. The first-order valence-corrected chi connectivity index (χ1v) is 13.2. The van der Waals surface area contributed by atoms with Gasteiger partial charge < -0.3 is 0 Å². The van der Waals surface area contributed by atoms with Crippen LogP contribution in [0.4, 0.5) is 0 Å². The highest BCUT2D eigenvalue weighted by Crippen LogP contribution is 2.10. The van der Waals surface area contributed by atoms with Crippen molar-refractivity contribution in [1.82, 2.24) is 0 Å². The lowest BCUT2D eigenvalue weighted by molar-refractivity contribution is 0.930. The standard InChI is InChI=1S/3C11H17N/c3*1-4-10(2)6-5-7-11(3)8-9-12/h6,8H,4-5,7H2,1-3H3;6-7H,4-5,8H2,1-3H3;6H,3-5,7-8H2,1-2H3. The average molecular weight is 490 g/mol. The summed E-state index contributed by atoms with van der Waals surface area (Å²) < 4.78 is 0. The summed E-state index contributed by atoms with van der Waals surface area (Å²) in [6, 6.07) is 6.27. The van der Waals surface area contributed by atoms with Crippen LogP contribution < -0.4 is 0 Å². The van der Waals surface area contributed by atoms with Gasteiger partial charge in [-0.2, -0.15) is 15.8 Å². The molecular weight excluding hydrogens is 438 g/mol. The predicted molar refractivity (Wildman–Crippen MR) is 158 cm³/mol. The molecule has 0 spiro atoms. The summed E-state index contributed by atoms with van der Waals surface area (Å²) in [4.78, 5) is 0. The molecule has 0 aliphatic carbocycles. The van der Waals surface area contributed by atoms with Gasteiger partial charge in [-0.1, -0.05) is 85.1 Å². The van der Waals surface area contributed by atoms with E-state index in [-0.39, 0.29) is 0 Å². The van der Waals surface area contributed by atoms with Crippen molar-refractivity contribution in [3.63, 3.8) is 0 Å². The largest absolute Gasteiger partial charge is 0.198 e. The fraction of sp³-hybridized carbons (Fsp3) is 0.545. The maximum absolute atomic E-state index is 8.39. The molecule has 0 rings (SSSR count). The van der Waals surface area contributed by atoms with Gasteiger partial charge in [0.05, 0.1) is 31.0 Å².